The number of hydrogen-bond acceptors (Lipinski definition) is 7. The summed E-state index contributed by atoms with van der Waals surface area (Å²) in [7, 11) is -1.14. The topological polar surface area (TPSA) is 117 Å². The van der Waals surface area contributed by atoms with Crippen LogP contribution in [0.5, 0.6) is 0 Å². The highest BCUT2D eigenvalue weighted by Crippen LogP contribution is 2.12. The summed E-state index contributed by atoms with van der Waals surface area (Å²) in [5.41, 5.74) is -0.0540. The average Bonchev–Trinajstić information content (AvgIpc) is 2.96. The number of carbonyl (C=O) groups excluding carboxylic acids is 1. The van der Waals surface area contributed by atoms with E-state index in [0.717, 1.165) is 0 Å². The molecule has 0 aliphatic carbocycles. The van der Waals surface area contributed by atoms with E-state index in [0.29, 0.717) is 11.3 Å². The number of hydrogen-bond donors (Lipinski definition) is 3. The number of amides is 1. The lowest BCUT2D eigenvalue weighted by molar-refractivity contribution is -0.142. The molecule has 0 saturated heterocycles. The van der Waals surface area contributed by atoms with E-state index in [4.69, 9.17) is 9.76 Å². The zero-order valence-electron chi connectivity index (χ0n) is 12.0. The standard InChI is InChI=1S/C13H15BN2O6S/c17-11(18)8-22-16-12(9-4-3-7-23-9)13(19)15-10-5-1-2-6-21-14(10)20/h1-4,7,10,20H,5-6,8H2,(H,15,19)(H,17,18)/b16-12-. The Labute approximate surface area is 136 Å². The summed E-state index contributed by atoms with van der Waals surface area (Å²) in [4.78, 5) is 28.1. The van der Waals surface area contributed by atoms with Crippen LogP contribution in [0.3, 0.4) is 0 Å². The number of nitrogens with zero attached hydrogens (tertiary/aromatic N) is 1. The van der Waals surface area contributed by atoms with E-state index in [1.54, 1.807) is 29.7 Å². The number of carboxylic acids is 1. The lowest BCUT2D eigenvalue weighted by Gasteiger charge is -2.17. The van der Waals surface area contributed by atoms with Gasteiger partial charge in [-0.1, -0.05) is 23.4 Å². The van der Waals surface area contributed by atoms with Crippen LogP contribution in [-0.4, -0.2) is 54.0 Å². The molecule has 1 aliphatic heterocycles. The van der Waals surface area contributed by atoms with Crippen LogP contribution >= 0.6 is 11.3 Å². The average molecular weight is 338 g/mol. The van der Waals surface area contributed by atoms with Gasteiger partial charge in [-0.2, -0.15) is 0 Å². The van der Waals surface area contributed by atoms with Crippen LogP contribution in [-0.2, 0) is 19.1 Å². The number of oxime groups is 1. The van der Waals surface area contributed by atoms with E-state index in [-0.39, 0.29) is 12.3 Å². The Hall–Kier alpha value is -2.17. The van der Waals surface area contributed by atoms with Crippen molar-refractivity contribution >= 4 is 36.0 Å². The molecule has 1 aromatic rings. The molecule has 23 heavy (non-hydrogen) atoms. The van der Waals surface area contributed by atoms with Crippen LogP contribution in [0.1, 0.15) is 11.3 Å². The molecule has 1 aromatic heterocycles. The van der Waals surface area contributed by atoms with Crippen molar-refractivity contribution in [3.05, 3.63) is 34.5 Å². The highest BCUT2D eigenvalue weighted by molar-refractivity contribution is 7.13. The van der Waals surface area contributed by atoms with Gasteiger partial charge in [0.1, 0.15) is 0 Å². The predicted octanol–water partition coefficient (Wildman–Crippen LogP) is 0.0344. The van der Waals surface area contributed by atoms with Crippen LogP contribution in [0.15, 0.2) is 34.8 Å². The Morgan fingerprint density at radius 2 is 2.35 bits per heavy atom. The van der Waals surface area contributed by atoms with Crippen LogP contribution in [0.25, 0.3) is 0 Å². The van der Waals surface area contributed by atoms with Gasteiger partial charge in [0.05, 0.1) is 10.8 Å². The zero-order chi connectivity index (χ0) is 16.7. The molecule has 0 fully saturated rings. The van der Waals surface area contributed by atoms with Gasteiger partial charge < -0.3 is 24.9 Å². The van der Waals surface area contributed by atoms with E-state index in [2.05, 4.69) is 15.3 Å². The summed E-state index contributed by atoms with van der Waals surface area (Å²) >= 11 is 1.26. The Bertz CT molecular complexity index is 604. The Morgan fingerprint density at radius 3 is 3.04 bits per heavy atom. The van der Waals surface area contributed by atoms with Crippen LogP contribution in [0, 0.1) is 0 Å². The maximum absolute atomic E-state index is 12.4. The van der Waals surface area contributed by atoms with Crippen molar-refractivity contribution in [3.8, 4) is 0 Å². The Balaban J connectivity index is 2.09. The molecule has 1 unspecified atom stereocenters. The fourth-order valence-electron chi connectivity index (χ4n) is 1.83. The molecule has 1 amide bonds. The Morgan fingerprint density at radius 1 is 1.52 bits per heavy atom. The Kier molecular flexibility index (Phi) is 6.33. The second-order valence-corrected chi connectivity index (χ2v) is 5.54. The monoisotopic (exact) mass is 338 g/mol. The summed E-state index contributed by atoms with van der Waals surface area (Å²) in [6.07, 6.45) is 3.95. The summed E-state index contributed by atoms with van der Waals surface area (Å²) < 4.78 is 5.11. The summed E-state index contributed by atoms with van der Waals surface area (Å²) in [6.45, 7) is -0.388. The number of thiophene rings is 1. The highest BCUT2D eigenvalue weighted by Gasteiger charge is 2.30. The number of aliphatic carboxylic acids is 1. The first kappa shape index (κ1) is 17.2. The molecule has 2 heterocycles. The van der Waals surface area contributed by atoms with Gasteiger partial charge >= 0.3 is 13.1 Å². The number of nitrogens with one attached hydrogen (secondary N) is 1. The lowest BCUT2D eigenvalue weighted by atomic mass is 9.77. The third kappa shape index (κ3) is 5.20. The van der Waals surface area contributed by atoms with Gasteiger partial charge in [0, 0.05) is 6.61 Å². The molecule has 3 N–H and O–H groups in total. The second-order valence-electron chi connectivity index (χ2n) is 4.60. The van der Waals surface area contributed by atoms with Crippen molar-refractivity contribution < 1.29 is 29.2 Å². The molecule has 10 heteroatoms. The van der Waals surface area contributed by atoms with Crippen LogP contribution in [0.2, 0.25) is 0 Å². The van der Waals surface area contributed by atoms with Gasteiger partial charge in [-0.15, -0.1) is 11.3 Å². The third-order valence-electron chi connectivity index (χ3n) is 2.89. The van der Waals surface area contributed by atoms with Crippen molar-refractivity contribution in [3.63, 3.8) is 0 Å². The van der Waals surface area contributed by atoms with Gasteiger partial charge in [-0.05, 0) is 17.9 Å². The summed E-state index contributed by atoms with van der Waals surface area (Å²) in [6, 6.07) is 3.39. The van der Waals surface area contributed by atoms with Gasteiger partial charge in [0.15, 0.2) is 5.71 Å². The normalized spacial score (nSPS) is 18.4. The molecule has 8 nitrogen and oxygen atoms in total. The lowest BCUT2D eigenvalue weighted by Crippen LogP contribution is -2.49. The molecule has 0 bridgehead atoms. The fraction of sp³-hybridized carbons (Fsp3) is 0.308. The van der Waals surface area contributed by atoms with Crippen LogP contribution in [0.4, 0.5) is 0 Å². The van der Waals surface area contributed by atoms with Gasteiger partial charge in [-0.25, -0.2) is 4.79 Å². The van der Waals surface area contributed by atoms with Gasteiger partial charge in [0.25, 0.3) is 5.91 Å². The molecule has 122 valence electrons. The molecule has 0 radical (unpaired) electrons. The van der Waals surface area contributed by atoms with Crippen molar-refractivity contribution in [2.45, 2.75) is 12.4 Å². The quantitative estimate of drug-likeness (QED) is 0.292. The van der Waals surface area contributed by atoms with Crippen LogP contribution < -0.4 is 5.32 Å². The molecule has 0 saturated carbocycles. The predicted molar refractivity (Wildman–Crippen MR) is 84.1 cm³/mol. The molecular formula is C13H15BN2O6S. The zero-order valence-corrected chi connectivity index (χ0v) is 12.9. The minimum Gasteiger partial charge on any atom is -0.479 e. The van der Waals surface area contributed by atoms with Crippen molar-refractivity contribution in [1.29, 1.82) is 0 Å². The first-order valence-electron chi connectivity index (χ1n) is 6.79. The van der Waals surface area contributed by atoms with E-state index < -0.39 is 31.5 Å². The maximum atomic E-state index is 12.4. The first-order chi connectivity index (χ1) is 11.1. The number of rotatable bonds is 6. The van der Waals surface area contributed by atoms with Gasteiger partial charge in [-0.3, -0.25) is 4.79 Å². The van der Waals surface area contributed by atoms with E-state index in [9.17, 15) is 14.6 Å². The second kappa shape index (κ2) is 8.46. The molecular weight excluding hydrogens is 323 g/mol. The molecule has 0 aromatic carbocycles. The summed E-state index contributed by atoms with van der Waals surface area (Å²) in [5.74, 6) is -2.41. The minimum atomic E-state index is -1.20. The smallest absolute Gasteiger partial charge is 0.478 e. The van der Waals surface area contributed by atoms with Gasteiger partial charge in [0.2, 0.25) is 6.61 Å². The fourth-order valence-corrected chi connectivity index (χ4v) is 2.53. The third-order valence-corrected chi connectivity index (χ3v) is 3.77. The number of carbonyl (C=O) groups is 2. The minimum absolute atomic E-state index is 0.0540. The SMILES string of the molecule is O=C(O)CO/N=C(\C(=O)NC1CC=CCOB1O)c1cccs1. The van der Waals surface area contributed by atoms with Crippen molar-refractivity contribution in [1.82, 2.24) is 5.32 Å². The molecule has 2 rings (SSSR count). The van der Waals surface area contributed by atoms with Crippen molar-refractivity contribution in [2.24, 2.45) is 5.16 Å². The maximum Gasteiger partial charge on any atom is 0.478 e. The summed E-state index contributed by atoms with van der Waals surface area (Å²) in [5, 5.41) is 26.4. The molecule has 0 spiro atoms. The van der Waals surface area contributed by atoms with E-state index in [1.165, 1.54) is 11.3 Å². The number of carboxylic acid groups (broad SMARTS) is 1. The van der Waals surface area contributed by atoms with E-state index >= 15 is 0 Å². The van der Waals surface area contributed by atoms with E-state index in [1.807, 2.05) is 0 Å². The first-order valence-corrected chi connectivity index (χ1v) is 7.67. The molecule has 1 aliphatic rings. The largest absolute Gasteiger partial charge is 0.479 e. The highest BCUT2D eigenvalue weighted by atomic mass is 32.1. The molecule has 1 atom stereocenters. The van der Waals surface area contributed by atoms with Crippen molar-refractivity contribution in [2.75, 3.05) is 13.2 Å².